The standard InChI is InChI=1S/C26H30F2N8O/c1-4-34-5-7-35(8-6-34)15-18-12-30-26(31-13-18)33-24-11-20(22(28)14-29-24)19-9-21(27)25-23(10-19)36(16-37-3)17(2)32-25/h9-14H,4-8,15-16H2,1-3H3,(H,29,30,31,33). The molecule has 0 bridgehead atoms. The van der Waals surface area contributed by atoms with Crippen LogP contribution in [0.4, 0.5) is 20.5 Å². The Labute approximate surface area is 214 Å². The van der Waals surface area contributed by atoms with Gasteiger partial charge < -0.3 is 19.5 Å². The monoisotopic (exact) mass is 508 g/mol. The number of methoxy groups -OCH3 is 1. The molecule has 0 spiro atoms. The molecule has 1 aromatic carbocycles. The number of anilines is 2. The molecule has 194 valence electrons. The Morgan fingerprint density at radius 3 is 2.38 bits per heavy atom. The molecule has 0 unspecified atom stereocenters. The van der Waals surface area contributed by atoms with Crippen molar-refractivity contribution in [3.63, 3.8) is 0 Å². The summed E-state index contributed by atoms with van der Waals surface area (Å²) in [4.78, 5) is 22.0. The van der Waals surface area contributed by atoms with Crippen molar-refractivity contribution >= 4 is 22.8 Å². The van der Waals surface area contributed by atoms with Crippen molar-refractivity contribution < 1.29 is 13.5 Å². The van der Waals surface area contributed by atoms with Crippen LogP contribution in [0, 0.1) is 18.6 Å². The van der Waals surface area contributed by atoms with Crippen molar-refractivity contribution in [2.75, 3.05) is 45.2 Å². The van der Waals surface area contributed by atoms with E-state index in [4.69, 9.17) is 4.74 Å². The lowest BCUT2D eigenvalue weighted by Gasteiger charge is -2.33. The minimum atomic E-state index is -0.571. The molecule has 11 heteroatoms. The van der Waals surface area contributed by atoms with Crippen LogP contribution in [0.3, 0.4) is 0 Å². The van der Waals surface area contributed by atoms with Gasteiger partial charge in [0.25, 0.3) is 0 Å². The predicted octanol–water partition coefficient (Wildman–Crippen LogP) is 3.96. The number of hydrogen-bond acceptors (Lipinski definition) is 8. The fourth-order valence-electron chi connectivity index (χ4n) is 4.61. The highest BCUT2D eigenvalue weighted by Gasteiger charge is 2.18. The number of aromatic nitrogens is 5. The summed E-state index contributed by atoms with van der Waals surface area (Å²) in [5, 5.41) is 3.02. The molecule has 1 N–H and O–H groups in total. The van der Waals surface area contributed by atoms with E-state index < -0.39 is 11.6 Å². The number of likely N-dealkylation sites (N-methyl/N-ethyl adjacent to an activating group) is 1. The molecule has 0 amide bonds. The zero-order valence-electron chi connectivity index (χ0n) is 21.2. The number of halogens is 2. The lowest BCUT2D eigenvalue weighted by molar-refractivity contribution is 0.132. The van der Waals surface area contributed by atoms with Crippen LogP contribution in [0.1, 0.15) is 18.3 Å². The van der Waals surface area contributed by atoms with Crippen LogP contribution in [0.25, 0.3) is 22.2 Å². The predicted molar refractivity (Wildman–Crippen MR) is 137 cm³/mol. The highest BCUT2D eigenvalue weighted by molar-refractivity contribution is 5.84. The first-order valence-corrected chi connectivity index (χ1v) is 12.3. The maximum atomic E-state index is 14.9. The van der Waals surface area contributed by atoms with Gasteiger partial charge in [0.05, 0.1) is 11.7 Å². The SMILES string of the molecule is CCN1CCN(Cc2cnc(Nc3cc(-c4cc(F)c5nc(C)n(COC)c5c4)c(F)cn3)nc2)CC1. The second-order valence-electron chi connectivity index (χ2n) is 9.13. The molecule has 1 aliphatic rings. The van der Waals surface area contributed by atoms with Gasteiger partial charge in [0, 0.05) is 63.4 Å². The van der Waals surface area contributed by atoms with E-state index in [0.29, 0.717) is 28.7 Å². The number of nitrogens with one attached hydrogen (secondary N) is 1. The molecular formula is C26H30F2N8O. The first-order chi connectivity index (χ1) is 17.9. The van der Waals surface area contributed by atoms with Crippen LogP contribution in [-0.2, 0) is 18.0 Å². The number of fused-ring (bicyclic) bond motifs is 1. The number of benzene rings is 1. The molecule has 1 aliphatic heterocycles. The third-order valence-corrected chi connectivity index (χ3v) is 6.69. The average Bonchev–Trinajstić information content (AvgIpc) is 3.22. The topological polar surface area (TPSA) is 84.2 Å². The molecule has 5 rings (SSSR count). The van der Waals surface area contributed by atoms with Crippen molar-refractivity contribution in [1.82, 2.24) is 34.3 Å². The Kier molecular flexibility index (Phi) is 7.36. The number of pyridine rings is 1. The summed E-state index contributed by atoms with van der Waals surface area (Å²) in [6.45, 7) is 10.2. The van der Waals surface area contributed by atoms with Crippen LogP contribution < -0.4 is 5.32 Å². The van der Waals surface area contributed by atoms with Gasteiger partial charge in [0.15, 0.2) is 5.82 Å². The molecule has 0 radical (unpaired) electrons. The Morgan fingerprint density at radius 2 is 1.68 bits per heavy atom. The van der Waals surface area contributed by atoms with E-state index in [-0.39, 0.29) is 17.8 Å². The second kappa shape index (κ2) is 10.8. The molecule has 37 heavy (non-hydrogen) atoms. The summed E-state index contributed by atoms with van der Waals surface area (Å²) >= 11 is 0. The summed E-state index contributed by atoms with van der Waals surface area (Å²) in [6, 6.07) is 4.50. The summed E-state index contributed by atoms with van der Waals surface area (Å²) in [5.41, 5.74) is 2.32. The Morgan fingerprint density at radius 1 is 0.946 bits per heavy atom. The van der Waals surface area contributed by atoms with Crippen LogP contribution in [0.2, 0.25) is 0 Å². The molecule has 4 heterocycles. The normalized spacial score (nSPS) is 14.9. The van der Waals surface area contributed by atoms with Gasteiger partial charge in [-0.1, -0.05) is 6.92 Å². The number of piperazine rings is 1. The van der Waals surface area contributed by atoms with Gasteiger partial charge in [-0.15, -0.1) is 0 Å². The Hall–Kier alpha value is -3.54. The lowest BCUT2D eigenvalue weighted by atomic mass is 10.1. The average molecular weight is 509 g/mol. The van der Waals surface area contributed by atoms with Crippen LogP contribution in [-0.4, -0.2) is 74.1 Å². The fraction of sp³-hybridized carbons (Fsp3) is 0.385. The first-order valence-electron chi connectivity index (χ1n) is 12.3. The third-order valence-electron chi connectivity index (χ3n) is 6.69. The zero-order valence-corrected chi connectivity index (χ0v) is 21.2. The number of nitrogens with zero attached hydrogens (tertiary/aromatic N) is 7. The Balaban J connectivity index is 1.34. The van der Waals surface area contributed by atoms with E-state index in [1.165, 1.54) is 12.1 Å². The van der Waals surface area contributed by atoms with Crippen molar-refractivity contribution in [2.45, 2.75) is 27.1 Å². The number of hydrogen-bond donors (Lipinski definition) is 1. The van der Waals surface area contributed by atoms with Gasteiger partial charge in [-0.25, -0.2) is 28.7 Å². The number of aryl methyl sites for hydroxylation is 1. The van der Waals surface area contributed by atoms with E-state index >= 15 is 0 Å². The molecule has 0 saturated carbocycles. The molecule has 0 atom stereocenters. The quantitative estimate of drug-likeness (QED) is 0.383. The third kappa shape index (κ3) is 5.43. The molecule has 9 nitrogen and oxygen atoms in total. The van der Waals surface area contributed by atoms with Gasteiger partial charge in [-0.3, -0.25) is 4.90 Å². The van der Waals surface area contributed by atoms with Gasteiger partial charge in [-0.2, -0.15) is 0 Å². The molecule has 0 aliphatic carbocycles. The maximum Gasteiger partial charge on any atom is 0.228 e. The summed E-state index contributed by atoms with van der Waals surface area (Å²) in [6.07, 6.45) is 4.67. The number of ether oxygens (including phenoxy) is 1. The van der Waals surface area contributed by atoms with Gasteiger partial charge in [-0.05, 0) is 37.2 Å². The maximum absolute atomic E-state index is 14.9. The first kappa shape index (κ1) is 25.1. The van der Waals surface area contributed by atoms with Gasteiger partial charge in [0.1, 0.15) is 29.7 Å². The molecule has 3 aromatic heterocycles. The summed E-state index contributed by atoms with van der Waals surface area (Å²) < 4.78 is 36.6. The molecule has 1 fully saturated rings. The van der Waals surface area contributed by atoms with Crippen molar-refractivity contribution in [2.24, 2.45) is 0 Å². The van der Waals surface area contributed by atoms with Crippen molar-refractivity contribution in [3.8, 4) is 11.1 Å². The minimum absolute atomic E-state index is 0.198. The molecule has 1 saturated heterocycles. The smallest absolute Gasteiger partial charge is 0.228 e. The zero-order chi connectivity index (χ0) is 25.9. The van der Waals surface area contributed by atoms with Crippen molar-refractivity contribution in [1.29, 1.82) is 0 Å². The second-order valence-corrected chi connectivity index (χ2v) is 9.13. The fourth-order valence-corrected chi connectivity index (χ4v) is 4.61. The molecular weight excluding hydrogens is 478 g/mol. The highest BCUT2D eigenvalue weighted by atomic mass is 19.1. The number of rotatable bonds is 8. The summed E-state index contributed by atoms with van der Waals surface area (Å²) in [7, 11) is 1.55. The van der Waals surface area contributed by atoms with E-state index in [1.54, 1.807) is 37.1 Å². The minimum Gasteiger partial charge on any atom is -0.364 e. The van der Waals surface area contributed by atoms with Gasteiger partial charge >= 0.3 is 0 Å². The van der Waals surface area contributed by atoms with Crippen LogP contribution in [0.15, 0.2) is 36.8 Å². The Bertz CT molecular complexity index is 1380. The molecule has 4 aromatic rings. The van der Waals surface area contributed by atoms with E-state index in [1.807, 2.05) is 0 Å². The highest BCUT2D eigenvalue weighted by Crippen LogP contribution is 2.30. The van der Waals surface area contributed by atoms with Gasteiger partial charge in [0.2, 0.25) is 5.95 Å². The van der Waals surface area contributed by atoms with E-state index in [2.05, 4.69) is 42.0 Å². The lowest BCUT2D eigenvalue weighted by Crippen LogP contribution is -2.45. The van der Waals surface area contributed by atoms with E-state index in [9.17, 15) is 8.78 Å². The van der Waals surface area contributed by atoms with Crippen molar-refractivity contribution in [3.05, 3.63) is 59.8 Å². The van der Waals surface area contributed by atoms with Crippen LogP contribution >= 0.6 is 0 Å². The largest absolute Gasteiger partial charge is 0.364 e. The number of imidazole rings is 1. The van der Waals surface area contributed by atoms with E-state index in [0.717, 1.165) is 51.0 Å². The van der Waals surface area contributed by atoms with Crippen LogP contribution in [0.5, 0.6) is 0 Å². The summed E-state index contributed by atoms with van der Waals surface area (Å²) in [5.74, 6) is 0.195.